The van der Waals surface area contributed by atoms with Gasteiger partial charge in [0.15, 0.2) is 0 Å². The van der Waals surface area contributed by atoms with Gasteiger partial charge < -0.3 is 4.74 Å². The van der Waals surface area contributed by atoms with Gasteiger partial charge in [-0.2, -0.15) is 5.10 Å². The number of benzene rings is 4. The molecule has 3 nitrogen and oxygen atoms in total. The highest BCUT2D eigenvalue weighted by Gasteiger charge is 2.07. The molecule has 0 aliphatic heterocycles. The van der Waals surface area contributed by atoms with E-state index in [2.05, 4.69) is 41.8 Å². The van der Waals surface area contributed by atoms with E-state index in [4.69, 9.17) is 9.84 Å². The van der Waals surface area contributed by atoms with Crippen LogP contribution in [0.3, 0.4) is 0 Å². The average Bonchev–Trinajstić information content (AvgIpc) is 2.75. The summed E-state index contributed by atoms with van der Waals surface area (Å²) in [6, 6.07) is 32.7. The van der Waals surface area contributed by atoms with Gasteiger partial charge in [-0.1, -0.05) is 60.7 Å². The first-order chi connectivity index (χ1) is 13.3. The van der Waals surface area contributed by atoms with Crippen LogP contribution in [0.5, 0.6) is 5.75 Å². The number of rotatable bonds is 5. The molecule has 0 spiro atoms. The van der Waals surface area contributed by atoms with E-state index in [-0.39, 0.29) is 0 Å². The van der Waals surface area contributed by atoms with Crippen molar-refractivity contribution in [3.63, 3.8) is 0 Å². The Morgan fingerprint density at radius 3 is 2.11 bits per heavy atom. The number of ether oxygens (including phenoxy) is 1. The Bertz CT molecular complexity index is 1070. The summed E-state index contributed by atoms with van der Waals surface area (Å²) in [5.74, 6) is 0.827. The summed E-state index contributed by atoms with van der Waals surface area (Å²) in [4.78, 5) is 0. The van der Waals surface area contributed by atoms with Crippen LogP contribution >= 0.6 is 0 Å². The van der Waals surface area contributed by atoms with Crippen molar-refractivity contribution in [2.45, 2.75) is 0 Å². The third-order valence-corrected chi connectivity index (χ3v) is 4.46. The zero-order valence-corrected chi connectivity index (χ0v) is 15.1. The highest BCUT2D eigenvalue weighted by atomic mass is 16.5. The van der Waals surface area contributed by atoms with Gasteiger partial charge >= 0.3 is 0 Å². The molecule has 0 aromatic heterocycles. The predicted octanol–water partition coefficient (Wildman–Crippen LogP) is 5.71. The van der Waals surface area contributed by atoms with Gasteiger partial charge in [0.25, 0.3) is 0 Å². The molecule has 27 heavy (non-hydrogen) atoms. The fourth-order valence-electron chi connectivity index (χ4n) is 3.02. The maximum atomic E-state index is 5.27. The molecule has 0 saturated carbocycles. The summed E-state index contributed by atoms with van der Waals surface area (Å²) in [6.45, 7) is 0. The molecule has 0 saturated heterocycles. The van der Waals surface area contributed by atoms with Gasteiger partial charge in [0.1, 0.15) is 5.75 Å². The lowest BCUT2D eigenvalue weighted by Gasteiger charge is -2.10. The minimum Gasteiger partial charge on any atom is -0.497 e. The minimum atomic E-state index is 0.827. The summed E-state index contributed by atoms with van der Waals surface area (Å²) in [6.07, 6.45) is 0. The predicted molar refractivity (Wildman–Crippen MR) is 113 cm³/mol. The van der Waals surface area contributed by atoms with Crippen molar-refractivity contribution in [1.82, 2.24) is 0 Å². The van der Waals surface area contributed by atoms with Gasteiger partial charge in [0.05, 0.1) is 18.5 Å². The van der Waals surface area contributed by atoms with Crippen LogP contribution in [0.25, 0.3) is 10.8 Å². The van der Waals surface area contributed by atoms with Crippen molar-refractivity contribution in [2.24, 2.45) is 5.10 Å². The lowest BCUT2D eigenvalue weighted by atomic mass is 10.0. The molecule has 4 aromatic carbocycles. The summed E-state index contributed by atoms with van der Waals surface area (Å²) >= 11 is 0. The van der Waals surface area contributed by atoms with Crippen LogP contribution in [0.1, 0.15) is 11.1 Å². The van der Waals surface area contributed by atoms with E-state index in [1.54, 1.807) is 7.11 Å². The number of hydrazone groups is 1. The van der Waals surface area contributed by atoms with Crippen LogP contribution in [0.15, 0.2) is 102 Å². The maximum Gasteiger partial charge on any atom is 0.118 e. The zero-order valence-electron chi connectivity index (χ0n) is 15.1. The minimum absolute atomic E-state index is 0.827. The zero-order chi connectivity index (χ0) is 18.5. The van der Waals surface area contributed by atoms with Gasteiger partial charge in [-0.15, -0.1) is 0 Å². The molecule has 0 aliphatic rings. The van der Waals surface area contributed by atoms with Crippen LogP contribution in [0, 0.1) is 0 Å². The number of hydrogen-bond acceptors (Lipinski definition) is 3. The van der Waals surface area contributed by atoms with Gasteiger partial charge in [-0.3, -0.25) is 5.43 Å². The quantitative estimate of drug-likeness (QED) is 0.368. The summed E-state index contributed by atoms with van der Waals surface area (Å²) < 4.78 is 5.27. The number of anilines is 1. The molecule has 0 radical (unpaired) electrons. The first kappa shape index (κ1) is 16.9. The highest BCUT2D eigenvalue weighted by Crippen LogP contribution is 2.20. The fraction of sp³-hybridized carbons (Fsp3) is 0.0417. The van der Waals surface area contributed by atoms with Crippen molar-refractivity contribution in [3.8, 4) is 5.75 Å². The molecule has 0 unspecified atom stereocenters. The van der Waals surface area contributed by atoms with Crippen molar-refractivity contribution in [3.05, 3.63) is 108 Å². The molecule has 0 aliphatic carbocycles. The van der Waals surface area contributed by atoms with E-state index in [1.165, 1.54) is 10.8 Å². The third kappa shape index (κ3) is 3.82. The van der Waals surface area contributed by atoms with Gasteiger partial charge in [0.2, 0.25) is 0 Å². The maximum absolute atomic E-state index is 5.27. The Morgan fingerprint density at radius 1 is 0.704 bits per heavy atom. The Balaban J connectivity index is 1.70. The highest BCUT2D eigenvalue weighted by molar-refractivity contribution is 6.13. The van der Waals surface area contributed by atoms with Crippen molar-refractivity contribution < 1.29 is 4.74 Å². The molecule has 4 rings (SSSR count). The standard InChI is InChI=1S/C24H20N2O/c1-27-23-15-12-20(13-16-23)24(19-8-3-2-4-9-19)26-25-22-14-11-18-7-5-6-10-21(18)17-22/h2-17,25H,1H3. The summed E-state index contributed by atoms with van der Waals surface area (Å²) in [5.41, 5.74) is 7.13. The molecule has 0 heterocycles. The largest absolute Gasteiger partial charge is 0.497 e. The van der Waals surface area contributed by atoms with Crippen LogP contribution in [-0.2, 0) is 0 Å². The molecular weight excluding hydrogens is 332 g/mol. The number of fused-ring (bicyclic) bond motifs is 1. The molecule has 0 atom stereocenters. The van der Waals surface area contributed by atoms with Crippen molar-refractivity contribution in [1.29, 1.82) is 0 Å². The molecular formula is C24H20N2O. The molecule has 3 heteroatoms. The normalized spacial score (nSPS) is 11.4. The first-order valence-corrected chi connectivity index (χ1v) is 8.86. The molecule has 4 aromatic rings. The number of hydrogen-bond donors (Lipinski definition) is 1. The molecule has 0 amide bonds. The molecule has 132 valence electrons. The molecule has 1 N–H and O–H groups in total. The average molecular weight is 352 g/mol. The number of nitrogens with zero attached hydrogens (tertiary/aromatic N) is 1. The second-order valence-corrected chi connectivity index (χ2v) is 6.23. The summed E-state index contributed by atoms with van der Waals surface area (Å²) in [5, 5.41) is 7.12. The Labute approximate surface area is 158 Å². The SMILES string of the molecule is COc1ccc(C(=NNc2ccc3ccccc3c2)c2ccccc2)cc1. The number of methoxy groups -OCH3 is 1. The van der Waals surface area contributed by atoms with E-state index in [0.717, 1.165) is 28.3 Å². The van der Waals surface area contributed by atoms with E-state index in [1.807, 2.05) is 60.7 Å². The second kappa shape index (κ2) is 7.75. The van der Waals surface area contributed by atoms with Gasteiger partial charge in [-0.05, 0) is 47.2 Å². The van der Waals surface area contributed by atoms with Crippen LogP contribution < -0.4 is 10.2 Å². The fourth-order valence-corrected chi connectivity index (χ4v) is 3.02. The van der Waals surface area contributed by atoms with Gasteiger partial charge in [0, 0.05) is 11.1 Å². The van der Waals surface area contributed by atoms with E-state index < -0.39 is 0 Å². The second-order valence-electron chi connectivity index (χ2n) is 6.23. The topological polar surface area (TPSA) is 33.6 Å². The lowest BCUT2D eigenvalue weighted by Crippen LogP contribution is -2.06. The first-order valence-electron chi connectivity index (χ1n) is 8.86. The van der Waals surface area contributed by atoms with Crippen LogP contribution in [0.4, 0.5) is 5.69 Å². The lowest BCUT2D eigenvalue weighted by molar-refractivity contribution is 0.415. The van der Waals surface area contributed by atoms with E-state index >= 15 is 0 Å². The van der Waals surface area contributed by atoms with E-state index in [0.29, 0.717) is 0 Å². The Kier molecular flexibility index (Phi) is 4.84. The molecule has 0 bridgehead atoms. The van der Waals surface area contributed by atoms with Crippen LogP contribution in [0.2, 0.25) is 0 Å². The van der Waals surface area contributed by atoms with Crippen molar-refractivity contribution >= 4 is 22.2 Å². The Hall–Kier alpha value is -3.59. The summed E-state index contributed by atoms with van der Waals surface area (Å²) in [7, 11) is 1.67. The molecule has 0 fully saturated rings. The monoisotopic (exact) mass is 352 g/mol. The number of nitrogens with one attached hydrogen (secondary N) is 1. The van der Waals surface area contributed by atoms with Crippen molar-refractivity contribution in [2.75, 3.05) is 12.5 Å². The van der Waals surface area contributed by atoms with Gasteiger partial charge in [-0.25, -0.2) is 0 Å². The third-order valence-electron chi connectivity index (χ3n) is 4.46. The van der Waals surface area contributed by atoms with Crippen LogP contribution in [-0.4, -0.2) is 12.8 Å². The van der Waals surface area contributed by atoms with E-state index in [9.17, 15) is 0 Å². The smallest absolute Gasteiger partial charge is 0.118 e. The Morgan fingerprint density at radius 2 is 1.37 bits per heavy atom.